The summed E-state index contributed by atoms with van der Waals surface area (Å²) in [5, 5.41) is 33.2. The van der Waals surface area contributed by atoms with E-state index < -0.39 is 0 Å². The molecular weight excluding hydrogens is 312 g/mol. The minimum atomic E-state index is -0.0634. The minimum absolute atomic E-state index is 0.0634. The molecule has 0 aromatic heterocycles. The number of nitroso groups, excluding NO2 is 2. The van der Waals surface area contributed by atoms with Gasteiger partial charge in [-0.25, -0.2) is 0 Å². The van der Waals surface area contributed by atoms with Gasteiger partial charge in [0.1, 0.15) is 22.9 Å². The van der Waals surface area contributed by atoms with Gasteiger partial charge in [-0.2, -0.15) is 10.2 Å². The summed E-state index contributed by atoms with van der Waals surface area (Å²) in [4.78, 5) is 21.2. The normalized spacial score (nSPS) is 12.1. The number of benzene rings is 2. The second-order valence-corrected chi connectivity index (χ2v) is 4.96. The Kier molecular flexibility index (Phi) is 5.10. The monoisotopic (exact) mass is 326 g/mol. The molecular formula is C16H14N4O4. The summed E-state index contributed by atoms with van der Waals surface area (Å²) in [6, 6.07) is 8.22. The highest BCUT2D eigenvalue weighted by Gasteiger charge is 2.09. The van der Waals surface area contributed by atoms with Gasteiger partial charge >= 0.3 is 0 Å². The second-order valence-electron chi connectivity index (χ2n) is 4.96. The van der Waals surface area contributed by atoms with Crippen LogP contribution in [0.5, 0.6) is 11.5 Å². The Hall–Kier alpha value is -3.42. The lowest BCUT2D eigenvalue weighted by Gasteiger charge is -2.05. The molecule has 2 aromatic rings. The van der Waals surface area contributed by atoms with Crippen molar-refractivity contribution in [2.75, 3.05) is 0 Å². The first-order valence-electron chi connectivity index (χ1n) is 6.88. The van der Waals surface area contributed by atoms with Crippen LogP contribution in [0.15, 0.2) is 57.0 Å². The number of phenolic OH excluding ortho intramolecular Hbond substituents is 2. The Morgan fingerprint density at radius 1 is 0.750 bits per heavy atom. The molecule has 8 nitrogen and oxygen atoms in total. The van der Waals surface area contributed by atoms with Crippen LogP contribution >= 0.6 is 0 Å². The fraction of sp³-hybridized carbons (Fsp3) is 0.125. The van der Waals surface area contributed by atoms with Crippen LogP contribution in [0.2, 0.25) is 0 Å². The Morgan fingerprint density at radius 2 is 1.12 bits per heavy atom. The van der Waals surface area contributed by atoms with E-state index in [2.05, 4.69) is 20.6 Å². The molecule has 0 amide bonds. The first kappa shape index (κ1) is 16.9. The first-order chi connectivity index (χ1) is 11.5. The van der Waals surface area contributed by atoms with Gasteiger partial charge in [-0.15, -0.1) is 9.81 Å². The summed E-state index contributed by atoms with van der Waals surface area (Å²) >= 11 is 0. The van der Waals surface area contributed by atoms with Gasteiger partial charge in [0.15, 0.2) is 0 Å². The molecule has 2 rings (SSSR count). The molecule has 2 aromatic carbocycles. The number of aromatic hydroxyl groups is 2. The van der Waals surface area contributed by atoms with Crippen LogP contribution in [0.1, 0.15) is 25.0 Å². The standard InChI is InChI=1S/C16H14N4O4/c1-9(13-7-11(19-23)3-5-15(13)21)17-18-10(2)14-8-12(20-24)4-6-16(14)22/h3-8,21-22H,1-2H3/b17-9+,18-10+. The third kappa shape index (κ3) is 3.67. The minimum Gasteiger partial charge on any atom is -0.507 e. The van der Waals surface area contributed by atoms with E-state index in [4.69, 9.17) is 0 Å². The molecule has 122 valence electrons. The van der Waals surface area contributed by atoms with E-state index in [-0.39, 0.29) is 22.9 Å². The zero-order valence-electron chi connectivity index (χ0n) is 13.0. The summed E-state index contributed by atoms with van der Waals surface area (Å²) < 4.78 is 0. The zero-order valence-corrected chi connectivity index (χ0v) is 13.0. The van der Waals surface area contributed by atoms with Crippen molar-refractivity contribution < 1.29 is 10.2 Å². The summed E-state index contributed by atoms with van der Waals surface area (Å²) in [6.45, 7) is 3.20. The Balaban J connectivity index is 2.39. The smallest absolute Gasteiger partial charge is 0.124 e. The highest BCUT2D eigenvalue weighted by molar-refractivity contribution is 6.04. The van der Waals surface area contributed by atoms with Crippen LogP contribution in [0.3, 0.4) is 0 Å². The van der Waals surface area contributed by atoms with E-state index in [0.717, 1.165) is 0 Å². The Bertz CT molecular complexity index is 788. The van der Waals surface area contributed by atoms with Gasteiger partial charge in [-0.3, -0.25) is 0 Å². The molecule has 0 radical (unpaired) electrons. The molecule has 0 spiro atoms. The van der Waals surface area contributed by atoms with E-state index in [1.807, 2.05) is 0 Å². The predicted octanol–water partition coefficient (Wildman–Crippen LogP) is 4.13. The highest BCUT2D eigenvalue weighted by atomic mass is 16.3. The van der Waals surface area contributed by atoms with Crippen molar-refractivity contribution >= 4 is 22.8 Å². The van der Waals surface area contributed by atoms with Crippen LogP contribution in [-0.2, 0) is 0 Å². The van der Waals surface area contributed by atoms with E-state index in [1.54, 1.807) is 13.8 Å². The molecule has 0 saturated carbocycles. The molecule has 8 heteroatoms. The van der Waals surface area contributed by atoms with Crippen LogP contribution in [0.4, 0.5) is 11.4 Å². The van der Waals surface area contributed by atoms with E-state index in [1.165, 1.54) is 36.4 Å². The molecule has 0 heterocycles. The highest BCUT2D eigenvalue weighted by Crippen LogP contribution is 2.25. The summed E-state index contributed by atoms with van der Waals surface area (Å²) in [6.07, 6.45) is 0. The van der Waals surface area contributed by atoms with Crippen LogP contribution in [0.25, 0.3) is 0 Å². The number of hydrogen-bond acceptors (Lipinski definition) is 8. The van der Waals surface area contributed by atoms with E-state index in [9.17, 15) is 20.0 Å². The third-order valence-corrected chi connectivity index (χ3v) is 3.30. The average molecular weight is 326 g/mol. The number of hydrogen-bond donors (Lipinski definition) is 2. The summed E-state index contributed by atoms with van der Waals surface area (Å²) in [5.41, 5.74) is 1.64. The Morgan fingerprint density at radius 3 is 1.46 bits per heavy atom. The van der Waals surface area contributed by atoms with Crippen molar-refractivity contribution in [3.63, 3.8) is 0 Å². The van der Waals surface area contributed by atoms with Gasteiger partial charge in [0.2, 0.25) is 0 Å². The van der Waals surface area contributed by atoms with Crippen molar-refractivity contribution in [3.05, 3.63) is 57.3 Å². The number of rotatable bonds is 5. The lowest BCUT2D eigenvalue weighted by atomic mass is 10.1. The molecule has 0 aliphatic heterocycles. The lowest BCUT2D eigenvalue weighted by Crippen LogP contribution is -1.98. The van der Waals surface area contributed by atoms with Gasteiger partial charge in [0.25, 0.3) is 0 Å². The maximum atomic E-state index is 10.6. The van der Waals surface area contributed by atoms with Crippen molar-refractivity contribution in [1.82, 2.24) is 0 Å². The molecule has 0 unspecified atom stereocenters. The third-order valence-electron chi connectivity index (χ3n) is 3.30. The molecule has 0 fully saturated rings. The molecule has 0 aliphatic carbocycles. The second kappa shape index (κ2) is 7.23. The zero-order chi connectivity index (χ0) is 17.7. The van der Waals surface area contributed by atoms with Gasteiger partial charge in [0.05, 0.1) is 11.4 Å². The van der Waals surface area contributed by atoms with Crippen LogP contribution in [0, 0.1) is 9.81 Å². The fourth-order valence-corrected chi connectivity index (χ4v) is 2.00. The lowest BCUT2D eigenvalue weighted by molar-refractivity contribution is 0.473. The maximum absolute atomic E-state index is 10.6. The van der Waals surface area contributed by atoms with Gasteiger partial charge < -0.3 is 10.2 Å². The predicted molar refractivity (Wildman–Crippen MR) is 91.5 cm³/mol. The first-order valence-corrected chi connectivity index (χ1v) is 6.88. The average Bonchev–Trinajstić information content (AvgIpc) is 2.60. The van der Waals surface area contributed by atoms with Crippen molar-refractivity contribution in [3.8, 4) is 11.5 Å². The van der Waals surface area contributed by atoms with E-state index in [0.29, 0.717) is 22.6 Å². The van der Waals surface area contributed by atoms with Gasteiger partial charge in [-0.1, -0.05) is 0 Å². The molecule has 24 heavy (non-hydrogen) atoms. The molecule has 0 bridgehead atoms. The molecule has 0 saturated heterocycles. The van der Waals surface area contributed by atoms with Crippen molar-refractivity contribution in [1.29, 1.82) is 0 Å². The molecule has 0 atom stereocenters. The van der Waals surface area contributed by atoms with Crippen LogP contribution in [-0.4, -0.2) is 21.6 Å². The summed E-state index contributed by atoms with van der Waals surface area (Å²) in [7, 11) is 0. The maximum Gasteiger partial charge on any atom is 0.124 e. The Labute approximate surface area is 137 Å². The van der Waals surface area contributed by atoms with Crippen molar-refractivity contribution in [2.45, 2.75) is 13.8 Å². The molecule has 0 aliphatic rings. The van der Waals surface area contributed by atoms with Gasteiger partial charge in [0, 0.05) is 11.1 Å². The topological polar surface area (TPSA) is 124 Å². The molecule has 2 N–H and O–H groups in total. The summed E-state index contributed by atoms with van der Waals surface area (Å²) in [5.74, 6) is -0.127. The quantitative estimate of drug-likeness (QED) is 0.487. The SMILES string of the molecule is C/C(=N\N=C(/C)c1cc(N=O)ccc1O)c1cc(N=O)ccc1O. The van der Waals surface area contributed by atoms with Crippen LogP contribution < -0.4 is 0 Å². The van der Waals surface area contributed by atoms with E-state index >= 15 is 0 Å². The van der Waals surface area contributed by atoms with Crippen molar-refractivity contribution in [2.24, 2.45) is 20.6 Å². The fourth-order valence-electron chi connectivity index (χ4n) is 2.00. The number of nitrogens with zero attached hydrogens (tertiary/aromatic N) is 4. The number of phenols is 2. The van der Waals surface area contributed by atoms with Gasteiger partial charge in [-0.05, 0) is 60.6 Å². The largest absolute Gasteiger partial charge is 0.507 e.